The molecule has 2 aliphatic rings. The average Bonchev–Trinajstić information content (AvgIpc) is 2.52. The van der Waals surface area contributed by atoms with Crippen LogP contribution in [0.15, 0.2) is 0 Å². The summed E-state index contributed by atoms with van der Waals surface area (Å²) in [5, 5.41) is -0.270. The third-order valence-electron chi connectivity index (χ3n) is 4.10. The summed E-state index contributed by atoms with van der Waals surface area (Å²) in [6, 6.07) is 0. The molecule has 0 saturated heterocycles. The van der Waals surface area contributed by atoms with E-state index in [9.17, 15) is 9.59 Å². The topological polar surface area (TPSA) is 43.4 Å². The Morgan fingerprint density at radius 2 is 1.73 bits per heavy atom. The molecular formula is C11H15ClO3. The highest BCUT2D eigenvalue weighted by atomic mass is 35.5. The maximum absolute atomic E-state index is 11.7. The maximum atomic E-state index is 11.7. The van der Waals surface area contributed by atoms with Crippen LogP contribution >= 0.6 is 11.6 Å². The van der Waals surface area contributed by atoms with Gasteiger partial charge in [-0.05, 0) is 43.7 Å². The van der Waals surface area contributed by atoms with Crippen molar-refractivity contribution in [2.45, 2.75) is 38.5 Å². The molecule has 0 aliphatic heterocycles. The molecule has 2 bridgehead atoms. The summed E-state index contributed by atoms with van der Waals surface area (Å²) in [5.41, 5.74) is -0.856. The molecule has 2 fully saturated rings. The number of methoxy groups -OCH3 is 1. The summed E-state index contributed by atoms with van der Waals surface area (Å²) in [7, 11) is 1.41. The quantitative estimate of drug-likeness (QED) is 0.540. The minimum atomic E-state index is -0.437. The molecule has 2 unspecified atom stereocenters. The fourth-order valence-electron chi connectivity index (χ4n) is 3.25. The Kier molecular flexibility index (Phi) is 2.53. The maximum Gasteiger partial charge on any atom is 0.311 e. The molecule has 0 aromatic carbocycles. The number of rotatable bonds is 2. The molecule has 84 valence electrons. The van der Waals surface area contributed by atoms with Crippen LogP contribution in [0.3, 0.4) is 0 Å². The Bertz CT molecular complexity index is 315. The highest BCUT2D eigenvalue weighted by Crippen LogP contribution is 2.59. The van der Waals surface area contributed by atoms with Crippen LogP contribution in [-0.4, -0.2) is 18.3 Å². The van der Waals surface area contributed by atoms with Crippen LogP contribution in [0.2, 0.25) is 0 Å². The highest BCUT2D eigenvalue weighted by Gasteiger charge is 2.58. The van der Waals surface area contributed by atoms with Crippen LogP contribution in [-0.2, 0) is 14.3 Å². The number of halogens is 1. The van der Waals surface area contributed by atoms with Gasteiger partial charge in [0.25, 0.3) is 0 Å². The Labute approximate surface area is 94.1 Å². The van der Waals surface area contributed by atoms with E-state index in [0.29, 0.717) is 6.42 Å². The van der Waals surface area contributed by atoms with Crippen molar-refractivity contribution in [3.8, 4) is 0 Å². The van der Waals surface area contributed by atoms with Crippen LogP contribution in [0.4, 0.5) is 0 Å². The third-order valence-corrected chi connectivity index (χ3v) is 4.51. The van der Waals surface area contributed by atoms with Gasteiger partial charge in [-0.3, -0.25) is 9.59 Å². The van der Waals surface area contributed by atoms with Crippen LogP contribution in [0.25, 0.3) is 0 Å². The lowest BCUT2D eigenvalue weighted by Gasteiger charge is -2.35. The van der Waals surface area contributed by atoms with E-state index in [1.54, 1.807) is 0 Å². The molecule has 2 rings (SSSR count). The number of fused-ring (bicyclic) bond motifs is 2. The van der Waals surface area contributed by atoms with Gasteiger partial charge in [-0.2, -0.15) is 0 Å². The molecule has 2 saturated carbocycles. The number of esters is 1. The van der Waals surface area contributed by atoms with Crippen molar-refractivity contribution in [2.24, 2.45) is 10.8 Å². The summed E-state index contributed by atoms with van der Waals surface area (Å²) < 4.78 is 4.84. The van der Waals surface area contributed by atoms with E-state index in [1.165, 1.54) is 7.11 Å². The SMILES string of the molecule is COC(=O)C12CCCC(C(=O)Cl)(CC1)C2. The molecule has 15 heavy (non-hydrogen) atoms. The second kappa shape index (κ2) is 3.48. The number of hydrogen-bond donors (Lipinski definition) is 0. The molecular weight excluding hydrogens is 216 g/mol. The summed E-state index contributed by atoms with van der Waals surface area (Å²) in [6.45, 7) is 0. The van der Waals surface area contributed by atoms with Crippen LogP contribution < -0.4 is 0 Å². The molecule has 4 heteroatoms. The lowest BCUT2D eigenvalue weighted by Crippen LogP contribution is -2.37. The molecule has 0 heterocycles. The molecule has 0 aromatic rings. The molecule has 3 nitrogen and oxygen atoms in total. The minimum absolute atomic E-state index is 0.165. The van der Waals surface area contributed by atoms with Gasteiger partial charge in [-0.1, -0.05) is 6.42 Å². The number of hydrogen-bond acceptors (Lipinski definition) is 3. The molecule has 0 aromatic heterocycles. The monoisotopic (exact) mass is 230 g/mol. The summed E-state index contributed by atoms with van der Waals surface area (Å²) in [5.74, 6) is -0.165. The largest absolute Gasteiger partial charge is 0.469 e. The Hall–Kier alpha value is -0.570. The van der Waals surface area contributed by atoms with Crippen molar-refractivity contribution >= 4 is 22.8 Å². The lowest BCUT2D eigenvalue weighted by atomic mass is 9.69. The van der Waals surface area contributed by atoms with E-state index < -0.39 is 10.8 Å². The second-order valence-corrected chi connectivity index (χ2v) is 5.20. The zero-order chi connectivity index (χ0) is 11.1. The fourth-order valence-corrected chi connectivity index (χ4v) is 3.51. The van der Waals surface area contributed by atoms with Crippen LogP contribution in [0.5, 0.6) is 0 Å². The van der Waals surface area contributed by atoms with Gasteiger partial charge in [0.1, 0.15) is 0 Å². The second-order valence-electron chi connectivity index (χ2n) is 4.86. The van der Waals surface area contributed by atoms with Gasteiger partial charge in [-0.15, -0.1) is 0 Å². The number of ether oxygens (including phenoxy) is 1. The van der Waals surface area contributed by atoms with E-state index in [1.807, 2.05) is 0 Å². The summed E-state index contributed by atoms with van der Waals surface area (Å²) in [4.78, 5) is 23.2. The molecule has 0 radical (unpaired) electrons. The van der Waals surface area contributed by atoms with Crippen LogP contribution in [0, 0.1) is 10.8 Å². The summed E-state index contributed by atoms with van der Waals surface area (Å²) in [6.07, 6.45) is 4.64. The van der Waals surface area contributed by atoms with Crippen molar-refractivity contribution in [1.29, 1.82) is 0 Å². The molecule has 0 amide bonds. The van der Waals surface area contributed by atoms with Gasteiger partial charge in [0, 0.05) is 5.41 Å². The van der Waals surface area contributed by atoms with E-state index in [0.717, 1.165) is 32.1 Å². The smallest absolute Gasteiger partial charge is 0.311 e. The number of carbonyl (C=O) groups is 2. The van der Waals surface area contributed by atoms with E-state index in [2.05, 4.69) is 0 Å². The van der Waals surface area contributed by atoms with E-state index in [-0.39, 0.29) is 11.2 Å². The van der Waals surface area contributed by atoms with Gasteiger partial charge < -0.3 is 4.74 Å². The lowest BCUT2D eigenvalue weighted by molar-refractivity contribution is -0.154. The van der Waals surface area contributed by atoms with Crippen molar-refractivity contribution in [3.63, 3.8) is 0 Å². The molecule has 0 spiro atoms. The standard InChI is InChI=1S/C11H15ClO3/c1-15-9(14)11-4-2-3-10(7-11,5-6-11)8(12)13/h2-7H2,1H3. The average molecular weight is 231 g/mol. The fraction of sp³-hybridized carbons (Fsp3) is 0.818. The summed E-state index contributed by atoms with van der Waals surface area (Å²) >= 11 is 5.66. The van der Waals surface area contributed by atoms with Crippen molar-refractivity contribution < 1.29 is 14.3 Å². The number of carbonyl (C=O) groups excluding carboxylic acids is 2. The first kappa shape index (κ1) is 10.9. The van der Waals surface area contributed by atoms with Gasteiger partial charge in [0.05, 0.1) is 12.5 Å². The Balaban J connectivity index is 2.27. The first-order valence-electron chi connectivity index (χ1n) is 5.33. The zero-order valence-corrected chi connectivity index (χ0v) is 9.60. The molecule has 2 aliphatic carbocycles. The van der Waals surface area contributed by atoms with Crippen molar-refractivity contribution in [3.05, 3.63) is 0 Å². The van der Waals surface area contributed by atoms with E-state index in [4.69, 9.17) is 16.3 Å². The highest BCUT2D eigenvalue weighted by molar-refractivity contribution is 6.64. The normalized spacial score (nSPS) is 38.8. The molecule has 2 atom stereocenters. The van der Waals surface area contributed by atoms with Gasteiger partial charge in [-0.25, -0.2) is 0 Å². The van der Waals surface area contributed by atoms with Crippen molar-refractivity contribution in [1.82, 2.24) is 0 Å². The zero-order valence-electron chi connectivity index (χ0n) is 8.85. The van der Waals surface area contributed by atoms with Crippen molar-refractivity contribution in [2.75, 3.05) is 7.11 Å². The molecule has 0 N–H and O–H groups in total. The predicted octanol–water partition coefficient (Wildman–Crippen LogP) is 2.27. The third kappa shape index (κ3) is 1.48. The Morgan fingerprint density at radius 1 is 1.13 bits per heavy atom. The Morgan fingerprint density at radius 3 is 2.33 bits per heavy atom. The predicted molar refractivity (Wildman–Crippen MR) is 55.4 cm³/mol. The van der Waals surface area contributed by atoms with E-state index >= 15 is 0 Å². The van der Waals surface area contributed by atoms with Gasteiger partial charge >= 0.3 is 5.97 Å². The van der Waals surface area contributed by atoms with Gasteiger partial charge in [0.15, 0.2) is 0 Å². The van der Waals surface area contributed by atoms with Gasteiger partial charge in [0.2, 0.25) is 5.24 Å². The first-order chi connectivity index (χ1) is 7.05. The van der Waals surface area contributed by atoms with Crippen LogP contribution in [0.1, 0.15) is 38.5 Å². The first-order valence-corrected chi connectivity index (χ1v) is 5.71. The minimum Gasteiger partial charge on any atom is -0.469 e.